The molecule has 3 rings (SSSR count). The normalized spacial score (nSPS) is 10.7. The van der Waals surface area contributed by atoms with Crippen molar-refractivity contribution in [1.29, 1.82) is 0 Å². The van der Waals surface area contributed by atoms with Gasteiger partial charge in [-0.15, -0.1) is 0 Å². The SMILES string of the molecule is Cc1ccccc1-n1c(COc2ccc(Cl)cc2Cl)n[nH]c1=S. The molecule has 3 aromatic rings. The van der Waals surface area contributed by atoms with Crippen molar-refractivity contribution in [2.75, 3.05) is 0 Å². The second-order valence-corrected chi connectivity index (χ2v) is 6.16. The van der Waals surface area contributed by atoms with E-state index in [2.05, 4.69) is 10.2 Å². The largest absolute Gasteiger partial charge is 0.484 e. The summed E-state index contributed by atoms with van der Waals surface area (Å²) in [6.45, 7) is 2.24. The van der Waals surface area contributed by atoms with Crippen LogP contribution in [0.1, 0.15) is 11.4 Å². The number of hydrogen-bond acceptors (Lipinski definition) is 3. The highest BCUT2D eigenvalue weighted by molar-refractivity contribution is 7.71. The molecule has 0 spiro atoms. The van der Waals surface area contributed by atoms with E-state index >= 15 is 0 Å². The van der Waals surface area contributed by atoms with Gasteiger partial charge in [0.2, 0.25) is 0 Å². The minimum Gasteiger partial charge on any atom is -0.484 e. The summed E-state index contributed by atoms with van der Waals surface area (Å²) in [6, 6.07) is 13.0. The average molecular weight is 366 g/mol. The minimum absolute atomic E-state index is 0.225. The maximum Gasteiger partial charge on any atom is 0.199 e. The van der Waals surface area contributed by atoms with Crippen LogP contribution < -0.4 is 4.74 Å². The van der Waals surface area contributed by atoms with Crippen LogP contribution in [0.3, 0.4) is 0 Å². The summed E-state index contributed by atoms with van der Waals surface area (Å²) in [5.41, 5.74) is 2.06. The first-order valence-electron chi connectivity index (χ1n) is 6.86. The van der Waals surface area contributed by atoms with Gasteiger partial charge >= 0.3 is 0 Å². The van der Waals surface area contributed by atoms with Crippen molar-refractivity contribution in [1.82, 2.24) is 14.8 Å². The van der Waals surface area contributed by atoms with Gasteiger partial charge in [0.1, 0.15) is 12.4 Å². The Balaban J connectivity index is 1.90. The van der Waals surface area contributed by atoms with Gasteiger partial charge in [-0.2, -0.15) is 5.10 Å². The van der Waals surface area contributed by atoms with Crippen LogP contribution in [0.2, 0.25) is 10.0 Å². The predicted molar refractivity (Wildman–Crippen MR) is 94.3 cm³/mol. The Morgan fingerprint density at radius 2 is 2.00 bits per heavy atom. The van der Waals surface area contributed by atoms with Crippen LogP contribution >= 0.6 is 35.4 Å². The number of nitrogens with one attached hydrogen (secondary N) is 1. The van der Waals surface area contributed by atoms with Crippen molar-refractivity contribution in [2.24, 2.45) is 0 Å². The Bertz CT molecular complexity index is 904. The molecule has 0 unspecified atom stereocenters. The zero-order valence-electron chi connectivity index (χ0n) is 12.2. The van der Waals surface area contributed by atoms with E-state index in [-0.39, 0.29) is 6.61 Å². The first-order valence-corrected chi connectivity index (χ1v) is 8.03. The van der Waals surface area contributed by atoms with E-state index in [1.807, 2.05) is 35.8 Å². The van der Waals surface area contributed by atoms with E-state index in [0.29, 0.717) is 26.4 Å². The fourth-order valence-corrected chi connectivity index (χ4v) is 2.94. The van der Waals surface area contributed by atoms with E-state index in [9.17, 15) is 0 Å². The number of rotatable bonds is 4. The van der Waals surface area contributed by atoms with Crippen molar-refractivity contribution in [3.05, 3.63) is 68.7 Å². The van der Waals surface area contributed by atoms with Crippen molar-refractivity contribution < 1.29 is 4.74 Å². The summed E-state index contributed by atoms with van der Waals surface area (Å²) < 4.78 is 8.12. The number of nitrogens with zero attached hydrogens (tertiary/aromatic N) is 2. The molecule has 1 N–H and O–H groups in total. The zero-order chi connectivity index (χ0) is 16.4. The van der Waals surface area contributed by atoms with Gasteiger partial charge in [0, 0.05) is 5.02 Å². The molecular weight excluding hydrogens is 353 g/mol. The highest BCUT2D eigenvalue weighted by Gasteiger charge is 2.12. The first-order chi connectivity index (χ1) is 11.1. The molecule has 0 fully saturated rings. The third kappa shape index (κ3) is 3.42. The number of aromatic nitrogens is 3. The molecule has 0 saturated heterocycles. The van der Waals surface area contributed by atoms with Gasteiger partial charge in [0.15, 0.2) is 10.6 Å². The summed E-state index contributed by atoms with van der Waals surface area (Å²) in [4.78, 5) is 0. The number of ether oxygens (including phenoxy) is 1. The predicted octanol–water partition coefficient (Wildman–Crippen LogP) is 5.12. The number of aryl methyl sites for hydroxylation is 1. The van der Waals surface area contributed by atoms with Gasteiger partial charge in [-0.1, -0.05) is 41.4 Å². The fourth-order valence-electron chi connectivity index (χ4n) is 2.22. The van der Waals surface area contributed by atoms with Gasteiger partial charge in [-0.05, 0) is 49.0 Å². The van der Waals surface area contributed by atoms with Crippen LogP contribution in [0.25, 0.3) is 5.69 Å². The third-order valence-corrected chi connectivity index (χ3v) is 4.15. The molecule has 0 atom stereocenters. The Morgan fingerprint density at radius 3 is 2.74 bits per heavy atom. The molecule has 4 nitrogen and oxygen atoms in total. The van der Waals surface area contributed by atoms with Gasteiger partial charge in [-0.25, -0.2) is 0 Å². The quantitative estimate of drug-likeness (QED) is 0.652. The van der Waals surface area contributed by atoms with Crippen molar-refractivity contribution >= 4 is 35.4 Å². The second-order valence-electron chi connectivity index (χ2n) is 4.93. The van der Waals surface area contributed by atoms with Gasteiger partial charge in [-0.3, -0.25) is 9.67 Å². The van der Waals surface area contributed by atoms with Crippen molar-refractivity contribution in [3.8, 4) is 11.4 Å². The molecule has 23 heavy (non-hydrogen) atoms. The molecule has 0 aliphatic heterocycles. The zero-order valence-corrected chi connectivity index (χ0v) is 14.5. The summed E-state index contributed by atoms with van der Waals surface area (Å²) >= 11 is 17.3. The molecule has 2 aromatic carbocycles. The van der Waals surface area contributed by atoms with E-state index in [1.54, 1.807) is 18.2 Å². The number of benzene rings is 2. The average Bonchev–Trinajstić information content (AvgIpc) is 2.88. The van der Waals surface area contributed by atoms with Crippen LogP contribution in [-0.2, 0) is 6.61 Å². The molecule has 0 aliphatic carbocycles. The van der Waals surface area contributed by atoms with Gasteiger partial charge < -0.3 is 4.74 Å². The smallest absolute Gasteiger partial charge is 0.199 e. The lowest BCUT2D eigenvalue weighted by Gasteiger charge is -2.11. The van der Waals surface area contributed by atoms with E-state index in [1.165, 1.54) is 0 Å². The Hall–Kier alpha value is -1.82. The van der Waals surface area contributed by atoms with Gasteiger partial charge in [0.05, 0.1) is 10.7 Å². The van der Waals surface area contributed by atoms with Crippen LogP contribution in [0.5, 0.6) is 5.75 Å². The molecule has 1 heterocycles. The summed E-state index contributed by atoms with van der Waals surface area (Å²) in [7, 11) is 0. The topological polar surface area (TPSA) is 42.8 Å². The monoisotopic (exact) mass is 365 g/mol. The fraction of sp³-hybridized carbons (Fsp3) is 0.125. The lowest BCUT2D eigenvalue weighted by atomic mass is 10.2. The maximum absolute atomic E-state index is 6.12. The second kappa shape index (κ2) is 6.74. The highest BCUT2D eigenvalue weighted by atomic mass is 35.5. The molecule has 0 amide bonds. The maximum atomic E-state index is 6.12. The van der Waals surface area contributed by atoms with Crippen LogP contribution in [0.4, 0.5) is 0 Å². The number of H-pyrrole nitrogens is 1. The summed E-state index contributed by atoms with van der Waals surface area (Å²) in [5.74, 6) is 1.21. The molecule has 7 heteroatoms. The molecule has 0 saturated carbocycles. The Kier molecular flexibility index (Phi) is 4.71. The summed E-state index contributed by atoms with van der Waals surface area (Å²) in [5, 5.41) is 8.06. The lowest BCUT2D eigenvalue weighted by Crippen LogP contribution is -2.07. The molecule has 0 aliphatic rings. The molecule has 1 aromatic heterocycles. The first kappa shape index (κ1) is 16.1. The molecule has 0 bridgehead atoms. The van der Waals surface area contributed by atoms with Crippen LogP contribution in [0, 0.1) is 11.7 Å². The Morgan fingerprint density at radius 1 is 1.22 bits per heavy atom. The van der Waals surface area contributed by atoms with Crippen LogP contribution in [-0.4, -0.2) is 14.8 Å². The van der Waals surface area contributed by atoms with Gasteiger partial charge in [0.25, 0.3) is 0 Å². The molecule has 0 radical (unpaired) electrons. The van der Waals surface area contributed by atoms with E-state index < -0.39 is 0 Å². The van der Waals surface area contributed by atoms with E-state index in [0.717, 1.165) is 11.3 Å². The van der Waals surface area contributed by atoms with Crippen molar-refractivity contribution in [3.63, 3.8) is 0 Å². The number of hydrogen-bond donors (Lipinski definition) is 1. The van der Waals surface area contributed by atoms with Crippen molar-refractivity contribution in [2.45, 2.75) is 13.5 Å². The molecular formula is C16H13Cl2N3OS. The minimum atomic E-state index is 0.225. The molecule has 118 valence electrons. The highest BCUT2D eigenvalue weighted by Crippen LogP contribution is 2.28. The Labute approximate surface area is 148 Å². The standard InChI is InChI=1S/C16H13Cl2N3OS/c1-10-4-2-3-5-13(10)21-15(19-20-16(21)23)9-22-14-7-6-11(17)8-12(14)18/h2-8H,9H2,1H3,(H,20,23). The number of halogens is 2. The lowest BCUT2D eigenvalue weighted by molar-refractivity contribution is 0.293. The number of aromatic amines is 1. The third-order valence-electron chi connectivity index (χ3n) is 3.35. The number of para-hydroxylation sites is 1. The summed E-state index contributed by atoms with van der Waals surface area (Å²) in [6.07, 6.45) is 0. The van der Waals surface area contributed by atoms with E-state index in [4.69, 9.17) is 40.2 Å². The van der Waals surface area contributed by atoms with Crippen LogP contribution in [0.15, 0.2) is 42.5 Å².